The number of likely N-dealkylation sites (N-methyl/N-ethyl adjacent to an activating group) is 1. The first kappa shape index (κ1) is 21.7. The fraction of sp³-hybridized carbons (Fsp3) is 0.100. The summed E-state index contributed by atoms with van der Waals surface area (Å²) in [6, 6.07) is 12.5. The number of nitrogens with zero attached hydrogens (tertiary/aromatic N) is 4. The highest BCUT2D eigenvalue weighted by Crippen LogP contribution is 2.23. The van der Waals surface area contributed by atoms with E-state index in [1.165, 1.54) is 48.5 Å². The highest BCUT2D eigenvalue weighted by molar-refractivity contribution is 7.89. The van der Waals surface area contributed by atoms with Crippen molar-refractivity contribution in [3.05, 3.63) is 76.4 Å². The van der Waals surface area contributed by atoms with Crippen molar-refractivity contribution < 1.29 is 13.2 Å². The van der Waals surface area contributed by atoms with Crippen molar-refractivity contribution in [2.75, 3.05) is 18.9 Å². The molecule has 0 fully saturated rings. The van der Waals surface area contributed by atoms with Gasteiger partial charge in [0.25, 0.3) is 5.56 Å². The van der Waals surface area contributed by atoms with E-state index in [9.17, 15) is 18.0 Å². The zero-order chi connectivity index (χ0) is 22.9. The lowest BCUT2D eigenvalue weighted by atomic mass is 10.2. The second-order valence-corrected chi connectivity index (χ2v) is 9.29. The van der Waals surface area contributed by atoms with E-state index in [0.717, 1.165) is 4.31 Å². The number of H-pyrrole nitrogens is 1. The molecule has 2 aromatic carbocycles. The van der Waals surface area contributed by atoms with Crippen molar-refractivity contribution in [3.8, 4) is 5.69 Å². The molecule has 0 spiro atoms. The van der Waals surface area contributed by atoms with Gasteiger partial charge in [-0.15, -0.1) is 0 Å². The lowest BCUT2D eigenvalue weighted by Gasteiger charge is -2.18. The molecule has 0 unspecified atom stereocenters. The summed E-state index contributed by atoms with van der Waals surface area (Å²) in [5.41, 5.74) is 0.828. The molecule has 164 valence electrons. The zero-order valence-electron chi connectivity index (χ0n) is 16.7. The Morgan fingerprint density at radius 2 is 1.91 bits per heavy atom. The van der Waals surface area contributed by atoms with Crippen LogP contribution in [-0.2, 0) is 14.8 Å². The molecular weight excluding hydrogens is 456 g/mol. The van der Waals surface area contributed by atoms with Gasteiger partial charge < -0.3 is 10.3 Å². The Labute approximate surface area is 187 Å². The minimum Gasteiger partial charge on any atom is -0.323 e. The van der Waals surface area contributed by atoms with Crippen molar-refractivity contribution >= 4 is 44.3 Å². The third-order valence-corrected chi connectivity index (χ3v) is 6.73. The van der Waals surface area contributed by atoms with Crippen LogP contribution in [0.2, 0.25) is 5.02 Å². The van der Waals surface area contributed by atoms with Gasteiger partial charge in [-0.1, -0.05) is 23.7 Å². The third kappa shape index (κ3) is 4.13. The monoisotopic (exact) mass is 472 g/mol. The first-order valence-electron chi connectivity index (χ1n) is 9.30. The third-order valence-electron chi connectivity index (χ3n) is 4.67. The lowest BCUT2D eigenvalue weighted by molar-refractivity contribution is -0.116. The second kappa shape index (κ2) is 8.54. The molecule has 0 atom stereocenters. The van der Waals surface area contributed by atoms with Gasteiger partial charge in [0.15, 0.2) is 5.65 Å². The van der Waals surface area contributed by atoms with Crippen molar-refractivity contribution in [3.63, 3.8) is 0 Å². The topological polar surface area (TPSA) is 130 Å². The molecule has 0 aliphatic carbocycles. The summed E-state index contributed by atoms with van der Waals surface area (Å²) in [6.45, 7) is -0.420. The number of nitrogens with one attached hydrogen (secondary N) is 2. The smallest absolute Gasteiger partial charge is 0.261 e. The Kier molecular flexibility index (Phi) is 5.78. The molecule has 12 heteroatoms. The second-order valence-electron chi connectivity index (χ2n) is 6.81. The molecule has 4 rings (SSSR count). The number of carbonyl (C=O) groups is 1. The minimum absolute atomic E-state index is 0.0249. The summed E-state index contributed by atoms with van der Waals surface area (Å²) in [5.74, 6) is -0.556. The molecule has 10 nitrogen and oxygen atoms in total. The number of aromatic amines is 1. The first-order chi connectivity index (χ1) is 15.3. The number of sulfonamides is 1. The molecule has 0 saturated heterocycles. The summed E-state index contributed by atoms with van der Waals surface area (Å²) in [6.07, 6.45) is 2.65. The molecular formula is C20H17ClN6O4S. The molecule has 0 aliphatic rings. The highest BCUT2D eigenvalue weighted by atomic mass is 35.5. The molecule has 0 radical (unpaired) electrons. The maximum Gasteiger partial charge on any atom is 0.261 e. The number of hydrogen-bond acceptors (Lipinski definition) is 6. The summed E-state index contributed by atoms with van der Waals surface area (Å²) in [5, 5.41) is 7.61. The number of hydrogen-bond donors (Lipinski definition) is 2. The number of amides is 1. The van der Waals surface area contributed by atoms with E-state index in [4.69, 9.17) is 11.6 Å². The molecule has 0 aliphatic heterocycles. The number of carbonyl (C=O) groups excluding carboxylic acids is 1. The normalized spacial score (nSPS) is 11.7. The number of benzene rings is 2. The average Bonchev–Trinajstić information content (AvgIpc) is 3.19. The molecule has 0 saturated carbocycles. The van der Waals surface area contributed by atoms with Crippen molar-refractivity contribution in [2.24, 2.45) is 0 Å². The molecule has 32 heavy (non-hydrogen) atoms. The predicted molar refractivity (Wildman–Crippen MR) is 119 cm³/mol. The average molecular weight is 473 g/mol. The van der Waals surface area contributed by atoms with Crippen LogP contribution in [0.25, 0.3) is 16.7 Å². The number of anilines is 1. The van der Waals surface area contributed by atoms with Gasteiger partial charge in [0, 0.05) is 12.1 Å². The van der Waals surface area contributed by atoms with Crippen molar-refractivity contribution in [1.29, 1.82) is 0 Å². The van der Waals surface area contributed by atoms with Gasteiger partial charge in [-0.05, 0) is 36.4 Å². The van der Waals surface area contributed by atoms with Crippen LogP contribution in [0.15, 0.2) is 70.7 Å². The van der Waals surface area contributed by atoms with Gasteiger partial charge >= 0.3 is 0 Å². The van der Waals surface area contributed by atoms with E-state index in [1.54, 1.807) is 24.3 Å². The molecule has 1 amide bonds. The summed E-state index contributed by atoms with van der Waals surface area (Å²) in [4.78, 5) is 31.3. The molecule has 2 heterocycles. The SMILES string of the molecule is CN(CC(=O)Nc1ccccc1-n1ncc2c(=O)[nH]cnc21)S(=O)(=O)c1ccc(Cl)cc1. The Hall–Kier alpha value is -3.54. The van der Waals surface area contributed by atoms with Crippen LogP contribution in [0.1, 0.15) is 0 Å². The fourth-order valence-electron chi connectivity index (χ4n) is 3.06. The maximum atomic E-state index is 12.7. The van der Waals surface area contributed by atoms with Gasteiger partial charge in [-0.2, -0.15) is 9.40 Å². The van der Waals surface area contributed by atoms with Gasteiger partial charge in [0.05, 0.1) is 35.3 Å². The van der Waals surface area contributed by atoms with E-state index in [-0.39, 0.29) is 10.5 Å². The van der Waals surface area contributed by atoms with Crippen LogP contribution in [0.3, 0.4) is 0 Å². The van der Waals surface area contributed by atoms with Crippen LogP contribution in [-0.4, -0.2) is 52.0 Å². The Morgan fingerprint density at radius 3 is 2.66 bits per heavy atom. The zero-order valence-corrected chi connectivity index (χ0v) is 18.3. The lowest BCUT2D eigenvalue weighted by Crippen LogP contribution is -2.35. The predicted octanol–water partition coefficient (Wildman–Crippen LogP) is 2.02. The summed E-state index contributed by atoms with van der Waals surface area (Å²) >= 11 is 5.81. The van der Waals surface area contributed by atoms with Crippen LogP contribution in [0, 0.1) is 0 Å². The quantitative estimate of drug-likeness (QED) is 0.441. The Morgan fingerprint density at radius 1 is 1.19 bits per heavy atom. The molecule has 4 aromatic rings. The van der Waals surface area contributed by atoms with E-state index in [0.29, 0.717) is 27.4 Å². The van der Waals surface area contributed by atoms with Crippen molar-refractivity contribution in [1.82, 2.24) is 24.1 Å². The van der Waals surface area contributed by atoms with Gasteiger partial charge in [0.2, 0.25) is 15.9 Å². The molecule has 2 N–H and O–H groups in total. The molecule has 0 bridgehead atoms. The summed E-state index contributed by atoms with van der Waals surface area (Å²) < 4.78 is 27.8. The number of halogens is 1. The van der Waals surface area contributed by atoms with Crippen LogP contribution < -0.4 is 10.9 Å². The van der Waals surface area contributed by atoms with Gasteiger partial charge in [0.1, 0.15) is 5.39 Å². The standard InChI is InChI=1S/C20H17ClN6O4S/c1-26(32(30,31)14-8-6-13(21)7-9-14)11-18(28)25-16-4-2-3-5-17(16)27-19-15(10-24-27)20(29)23-12-22-19/h2-10,12H,11H2,1H3,(H,25,28)(H,22,23,29). The van der Waals surface area contributed by atoms with E-state index >= 15 is 0 Å². The minimum atomic E-state index is -3.88. The van der Waals surface area contributed by atoms with Gasteiger partial charge in [-0.3, -0.25) is 9.59 Å². The highest BCUT2D eigenvalue weighted by Gasteiger charge is 2.23. The van der Waals surface area contributed by atoms with Gasteiger partial charge in [-0.25, -0.2) is 18.1 Å². The number of rotatable bonds is 6. The number of fused-ring (bicyclic) bond motifs is 1. The summed E-state index contributed by atoms with van der Waals surface area (Å²) in [7, 11) is -2.57. The maximum absolute atomic E-state index is 12.7. The van der Waals surface area contributed by atoms with Crippen LogP contribution >= 0.6 is 11.6 Å². The fourth-order valence-corrected chi connectivity index (χ4v) is 4.31. The Bertz CT molecular complexity index is 1460. The van der Waals surface area contributed by atoms with Crippen LogP contribution in [0.4, 0.5) is 5.69 Å². The van der Waals surface area contributed by atoms with E-state index < -0.39 is 22.5 Å². The first-order valence-corrected chi connectivity index (χ1v) is 11.1. The van der Waals surface area contributed by atoms with E-state index in [2.05, 4.69) is 20.4 Å². The largest absolute Gasteiger partial charge is 0.323 e. The Balaban J connectivity index is 1.57. The van der Waals surface area contributed by atoms with E-state index in [1.807, 2.05) is 0 Å². The van der Waals surface area contributed by atoms with Crippen molar-refractivity contribution in [2.45, 2.75) is 4.90 Å². The number of para-hydroxylation sites is 2. The van der Waals surface area contributed by atoms with Crippen LogP contribution in [0.5, 0.6) is 0 Å². The molecule has 2 aromatic heterocycles. The number of aromatic nitrogens is 4.